The van der Waals surface area contributed by atoms with Crippen LogP contribution in [-0.4, -0.2) is 44.2 Å². The summed E-state index contributed by atoms with van der Waals surface area (Å²) in [7, 11) is 2.01. The molecule has 1 heterocycles. The standard InChI is InChI=1S/C12H25N3O/c1-10(2)7-14-12(13)15(3)8-11-5-4-6-16-9-11/h10-11H,4-9H2,1-3H3,(H2,13,14). The van der Waals surface area contributed by atoms with Gasteiger partial charge < -0.3 is 15.4 Å². The van der Waals surface area contributed by atoms with Gasteiger partial charge in [0, 0.05) is 26.7 Å². The van der Waals surface area contributed by atoms with Gasteiger partial charge in [-0.2, -0.15) is 0 Å². The van der Waals surface area contributed by atoms with Gasteiger partial charge in [-0.15, -0.1) is 0 Å². The minimum absolute atomic E-state index is 0.560. The Kier molecular flexibility index (Phi) is 5.60. The second-order valence-corrected chi connectivity index (χ2v) is 5.06. The molecular formula is C12H25N3O. The van der Waals surface area contributed by atoms with E-state index in [1.165, 1.54) is 12.8 Å². The maximum absolute atomic E-state index is 5.92. The molecule has 1 unspecified atom stereocenters. The Hall–Kier alpha value is -0.770. The van der Waals surface area contributed by atoms with Gasteiger partial charge in [0.25, 0.3) is 0 Å². The first-order valence-electron chi connectivity index (χ1n) is 6.18. The maximum atomic E-state index is 5.92. The van der Waals surface area contributed by atoms with Crippen LogP contribution in [0, 0.1) is 11.8 Å². The lowest BCUT2D eigenvalue weighted by Crippen LogP contribution is -2.39. The van der Waals surface area contributed by atoms with Crippen LogP contribution < -0.4 is 5.73 Å². The van der Waals surface area contributed by atoms with Crippen molar-refractivity contribution in [2.24, 2.45) is 22.6 Å². The van der Waals surface area contributed by atoms with Crippen molar-refractivity contribution in [2.45, 2.75) is 26.7 Å². The number of guanidine groups is 1. The lowest BCUT2D eigenvalue weighted by molar-refractivity contribution is 0.0484. The molecule has 1 saturated heterocycles. The van der Waals surface area contributed by atoms with Crippen LogP contribution in [0.3, 0.4) is 0 Å². The van der Waals surface area contributed by atoms with Gasteiger partial charge in [0.05, 0.1) is 6.61 Å². The van der Waals surface area contributed by atoms with E-state index in [4.69, 9.17) is 10.5 Å². The van der Waals surface area contributed by atoms with Crippen LogP contribution in [0.5, 0.6) is 0 Å². The van der Waals surface area contributed by atoms with Gasteiger partial charge in [-0.25, -0.2) is 0 Å². The number of hydrogen-bond donors (Lipinski definition) is 1. The fraction of sp³-hybridized carbons (Fsp3) is 0.917. The van der Waals surface area contributed by atoms with Gasteiger partial charge >= 0.3 is 0 Å². The number of rotatable bonds is 4. The molecule has 1 rings (SSSR count). The number of aliphatic imine (C=N–C) groups is 1. The first-order chi connectivity index (χ1) is 7.59. The van der Waals surface area contributed by atoms with Crippen molar-refractivity contribution >= 4 is 5.96 Å². The molecule has 94 valence electrons. The second kappa shape index (κ2) is 6.74. The van der Waals surface area contributed by atoms with Crippen LogP contribution in [-0.2, 0) is 4.74 Å². The molecular weight excluding hydrogens is 202 g/mol. The van der Waals surface area contributed by atoms with Crippen LogP contribution >= 0.6 is 0 Å². The molecule has 16 heavy (non-hydrogen) atoms. The van der Waals surface area contributed by atoms with E-state index < -0.39 is 0 Å². The summed E-state index contributed by atoms with van der Waals surface area (Å²) in [5.74, 6) is 1.82. The van der Waals surface area contributed by atoms with Crippen molar-refractivity contribution < 1.29 is 4.74 Å². The first-order valence-corrected chi connectivity index (χ1v) is 6.18. The van der Waals surface area contributed by atoms with Crippen molar-refractivity contribution in [2.75, 3.05) is 33.4 Å². The van der Waals surface area contributed by atoms with Crippen molar-refractivity contribution in [3.63, 3.8) is 0 Å². The van der Waals surface area contributed by atoms with Crippen molar-refractivity contribution in [1.82, 2.24) is 4.90 Å². The van der Waals surface area contributed by atoms with E-state index in [2.05, 4.69) is 18.8 Å². The average molecular weight is 227 g/mol. The molecule has 0 amide bonds. The molecule has 2 N–H and O–H groups in total. The average Bonchev–Trinajstić information content (AvgIpc) is 2.27. The minimum Gasteiger partial charge on any atom is -0.381 e. The molecule has 0 aromatic heterocycles. The molecule has 0 spiro atoms. The number of nitrogens with zero attached hydrogens (tertiary/aromatic N) is 2. The minimum atomic E-state index is 0.560. The predicted molar refractivity (Wildman–Crippen MR) is 67.5 cm³/mol. The van der Waals surface area contributed by atoms with E-state index in [0.717, 1.165) is 26.3 Å². The zero-order chi connectivity index (χ0) is 12.0. The molecule has 0 saturated carbocycles. The summed E-state index contributed by atoms with van der Waals surface area (Å²) in [5, 5.41) is 0. The second-order valence-electron chi connectivity index (χ2n) is 5.06. The molecule has 1 fully saturated rings. The summed E-state index contributed by atoms with van der Waals surface area (Å²) in [6, 6.07) is 0. The van der Waals surface area contributed by atoms with E-state index in [0.29, 0.717) is 17.8 Å². The zero-order valence-corrected chi connectivity index (χ0v) is 10.8. The quantitative estimate of drug-likeness (QED) is 0.582. The maximum Gasteiger partial charge on any atom is 0.191 e. The van der Waals surface area contributed by atoms with Gasteiger partial charge in [-0.3, -0.25) is 4.99 Å². The third-order valence-electron chi connectivity index (χ3n) is 2.80. The van der Waals surface area contributed by atoms with Crippen LogP contribution in [0.2, 0.25) is 0 Å². The van der Waals surface area contributed by atoms with Crippen LogP contribution in [0.25, 0.3) is 0 Å². The summed E-state index contributed by atoms with van der Waals surface area (Å²) in [4.78, 5) is 6.41. The lowest BCUT2D eigenvalue weighted by atomic mass is 10.0. The Balaban J connectivity index is 2.32. The fourth-order valence-corrected chi connectivity index (χ4v) is 1.83. The van der Waals surface area contributed by atoms with Gasteiger partial charge in [0.1, 0.15) is 0 Å². The Labute approximate surface area is 98.9 Å². The van der Waals surface area contributed by atoms with Gasteiger partial charge in [-0.1, -0.05) is 13.8 Å². The van der Waals surface area contributed by atoms with E-state index in [9.17, 15) is 0 Å². The molecule has 0 radical (unpaired) electrons. The highest BCUT2D eigenvalue weighted by molar-refractivity contribution is 5.77. The molecule has 1 atom stereocenters. The largest absolute Gasteiger partial charge is 0.381 e. The van der Waals surface area contributed by atoms with Crippen LogP contribution in [0.1, 0.15) is 26.7 Å². The molecule has 0 bridgehead atoms. The molecule has 1 aliphatic heterocycles. The van der Waals surface area contributed by atoms with Crippen LogP contribution in [0.15, 0.2) is 4.99 Å². The molecule has 0 aliphatic carbocycles. The summed E-state index contributed by atoms with van der Waals surface area (Å²) < 4.78 is 5.45. The first kappa shape index (κ1) is 13.3. The monoisotopic (exact) mass is 227 g/mol. The Bertz CT molecular complexity index is 222. The third kappa shape index (κ3) is 4.84. The SMILES string of the molecule is CC(C)CN=C(N)N(C)CC1CCCOC1. The third-order valence-corrected chi connectivity index (χ3v) is 2.80. The van der Waals surface area contributed by atoms with Gasteiger partial charge in [0.15, 0.2) is 5.96 Å². The smallest absolute Gasteiger partial charge is 0.191 e. The Morgan fingerprint density at radius 3 is 2.88 bits per heavy atom. The number of ether oxygens (including phenoxy) is 1. The highest BCUT2D eigenvalue weighted by atomic mass is 16.5. The van der Waals surface area contributed by atoms with E-state index >= 15 is 0 Å². The summed E-state index contributed by atoms with van der Waals surface area (Å²) in [5.41, 5.74) is 5.92. The Morgan fingerprint density at radius 2 is 2.31 bits per heavy atom. The van der Waals surface area contributed by atoms with Gasteiger partial charge in [-0.05, 0) is 24.7 Å². The molecule has 4 nitrogen and oxygen atoms in total. The van der Waals surface area contributed by atoms with Gasteiger partial charge in [0.2, 0.25) is 0 Å². The van der Waals surface area contributed by atoms with Crippen LogP contribution in [0.4, 0.5) is 0 Å². The molecule has 1 aliphatic rings. The molecule has 4 heteroatoms. The topological polar surface area (TPSA) is 50.8 Å². The van der Waals surface area contributed by atoms with Crippen molar-refractivity contribution in [1.29, 1.82) is 0 Å². The predicted octanol–water partition coefficient (Wildman–Crippen LogP) is 1.32. The molecule has 0 aromatic carbocycles. The normalized spacial score (nSPS) is 22.5. The van der Waals surface area contributed by atoms with Crippen molar-refractivity contribution in [3.8, 4) is 0 Å². The molecule has 0 aromatic rings. The number of hydrogen-bond acceptors (Lipinski definition) is 2. The summed E-state index contributed by atoms with van der Waals surface area (Å²) >= 11 is 0. The fourth-order valence-electron chi connectivity index (χ4n) is 1.83. The summed E-state index contributed by atoms with van der Waals surface area (Å²) in [6.07, 6.45) is 2.41. The Morgan fingerprint density at radius 1 is 1.56 bits per heavy atom. The summed E-state index contributed by atoms with van der Waals surface area (Å²) in [6.45, 7) is 7.82. The van der Waals surface area contributed by atoms with E-state index in [1.807, 2.05) is 11.9 Å². The lowest BCUT2D eigenvalue weighted by Gasteiger charge is -2.27. The zero-order valence-electron chi connectivity index (χ0n) is 10.8. The van der Waals surface area contributed by atoms with Crippen molar-refractivity contribution in [3.05, 3.63) is 0 Å². The van der Waals surface area contributed by atoms with E-state index in [-0.39, 0.29) is 0 Å². The highest BCUT2D eigenvalue weighted by Gasteiger charge is 2.16. The van der Waals surface area contributed by atoms with E-state index in [1.54, 1.807) is 0 Å². The highest BCUT2D eigenvalue weighted by Crippen LogP contribution is 2.14. The number of nitrogens with two attached hydrogens (primary N) is 1.